The van der Waals surface area contributed by atoms with E-state index < -0.39 is 0 Å². The molecule has 1 heterocycles. The highest BCUT2D eigenvalue weighted by molar-refractivity contribution is 5.92. The minimum absolute atomic E-state index is 0.414. The Balaban J connectivity index is 1.50. The van der Waals surface area contributed by atoms with Crippen molar-refractivity contribution >= 4 is 11.6 Å². The molecule has 24 heavy (non-hydrogen) atoms. The lowest BCUT2D eigenvalue weighted by Gasteiger charge is -2.10. The quantitative estimate of drug-likeness (QED) is 0.503. The van der Waals surface area contributed by atoms with Gasteiger partial charge < -0.3 is 20.5 Å². The molecule has 126 valence electrons. The van der Waals surface area contributed by atoms with Gasteiger partial charge in [-0.15, -0.1) is 0 Å². The van der Waals surface area contributed by atoms with E-state index >= 15 is 0 Å². The Kier molecular flexibility index (Phi) is 5.56. The van der Waals surface area contributed by atoms with Crippen molar-refractivity contribution in [3.63, 3.8) is 0 Å². The van der Waals surface area contributed by atoms with Crippen LogP contribution in [0.25, 0.3) is 0 Å². The molecule has 0 aromatic heterocycles. The molecule has 0 aliphatic carbocycles. The van der Waals surface area contributed by atoms with Crippen molar-refractivity contribution in [1.29, 1.82) is 0 Å². The number of hydrogen-bond acceptors (Lipinski definition) is 3. The first-order chi connectivity index (χ1) is 11.8. The maximum atomic E-state index is 5.96. The molecule has 0 saturated carbocycles. The van der Waals surface area contributed by atoms with Crippen LogP contribution in [0, 0.1) is 0 Å². The molecule has 0 unspecified atom stereocenters. The van der Waals surface area contributed by atoms with Gasteiger partial charge in [-0.25, -0.2) is 0 Å². The SMILES string of the molecule is NC(=NCCCc1ccccc1)Nc1ccc2c(c1)OCCCO2. The summed E-state index contributed by atoms with van der Waals surface area (Å²) in [5.41, 5.74) is 8.13. The second kappa shape index (κ2) is 8.24. The van der Waals surface area contributed by atoms with E-state index in [9.17, 15) is 0 Å². The van der Waals surface area contributed by atoms with Crippen LogP contribution in [0.5, 0.6) is 11.5 Å². The number of benzene rings is 2. The summed E-state index contributed by atoms with van der Waals surface area (Å²) in [4.78, 5) is 4.38. The molecule has 3 N–H and O–H groups in total. The van der Waals surface area contributed by atoms with E-state index in [1.165, 1.54) is 5.56 Å². The Labute approximate surface area is 142 Å². The van der Waals surface area contributed by atoms with Crippen molar-refractivity contribution in [2.75, 3.05) is 25.1 Å². The number of anilines is 1. The van der Waals surface area contributed by atoms with Gasteiger partial charge in [-0.05, 0) is 30.5 Å². The maximum absolute atomic E-state index is 5.96. The van der Waals surface area contributed by atoms with Gasteiger partial charge in [-0.3, -0.25) is 4.99 Å². The molecule has 0 spiro atoms. The number of fused-ring (bicyclic) bond motifs is 1. The topological polar surface area (TPSA) is 68.9 Å². The average Bonchev–Trinajstić information content (AvgIpc) is 2.84. The largest absolute Gasteiger partial charge is 0.490 e. The second-order valence-corrected chi connectivity index (χ2v) is 5.69. The van der Waals surface area contributed by atoms with E-state index in [0.29, 0.717) is 25.7 Å². The Bertz CT molecular complexity index is 686. The van der Waals surface area contributed by atoms with Gasteiger partial charge in [0.25, 0.3) is 0 Å². The number of nitrogens with one attached hydrogen (secondary N) is 1. The molecule has 0 atom stereocenters. The van der Waals surface area contributed by atoms with Crippen molar-refractivity contribution in [2.45, 2.75) is 19.3 Å². The maximum Gasteiger partial charge on any atom is 0.193 e. The summed E-state index contributed by atoms with van der Waals surface area (Å²) in [5.74, 6) is 1.93. The fourth-order valence-electron chi connectivity index (χ4n) is 2.56. The molecule has 5 nitrogen and oxygen atoms in total. The van der Waals surface area contributed by atoms with Gasteiger partial charge in [0.05, 0.1) is 13.2 Å². The molecule has 1 aliphatic rings. The monoisotopic (exact) mass is 325 g/mol. The molecule has 1 aliphatic heterocycles. The van der Waals surface area contributed by atoms with E-state index in [-0.39, 0.29) is 0 Å². The van der Waals surface area contributed by atoms with E-state index in [0.717, 1.165) is 36.4 Å². The van der Waals surface area contributed by atoms with Crippen LogP contribution in [0.15, 0.2) is 53.5 Å². The van der Waals surface area contributed by atoms with Gasteiger partial charge in [-0.2, -0.15) is 0 Å². The van der Waals surface area contributed by atoms with Crippen molar-refractivity contribution in [3.8, 4) is 11.5 Å². The van der Waals surface area contributed by atoms with E-state index in [1.807, 2.05) is 24.3 Å². The second-order valence-electron chi connectivity index (χ2n) is 5.69. The predicted molar refractivity (Wildman–Crippen MR) is 96.9 cm³/mol. The number of aryl methyl sites for hydroxylation is 1. The van der Waals surface area contributed by atoms with Crippen molar-refractivity contribution in [3.05, 3.63) is 54.1 Å². The molecule has 0 fully saturated rings. The van der Waals surface area contributed by atoms with Crippen LogP contribution in [0.4, 0.5) is 5.69 Å². The Morgan fingerprint density at radius 3 is 2.67 bits per heavy atom. The summed E-state index contributed by atoms with van der Waals surface area (Å²) in [7, 11) is 0. The molecule has 3 rings (SSSR count). The summed E-state index contributed by atoms with van der Waals surface area (Å²) in [5, 5.41) is 3.10. The standard InChI is InChI=1S/C19H23N3O2/c20-19(21-11-4-8-15-6-2-1-3-7-15)22-16-9-10-17-18(14-16)24-13-5-12-23-17/h1-3,6-7,9-10,14H,4-5,8,11-13H2,(H3,20,21,22). The van der Waals surface area contributed by atoms with Crippen molar-refractivity contribution in [2.24, 2.45) is 10.7 Å². The summed E-state index contributed by atoms with van der Waals surface area (Å²) in [6.45, 7) is 2.04. The molecule has 0 saturated heterocycles. The number of aliphatic imine (C=N–C) groups is 1. The molecule has 0 bridgehead atoms. The minimum Gasteiger partial charge on any atom is -0.490 e. The fourth-order valence-corrected chi connectivity index (χ4v) is 2.56. The van der Waals surface area contributed by atoms with Crippen LogP contribution >= 0.6 is 0 Å². The number of nitrogens with two attached hydrogens (primary N) is 1. The van der Waals surface area contributed by atoms with Crippen molar-refractivity contribution in [1.82, 2.24) is 0 Å². The van der Waals surface area contributed by atoms with Gasteiger partial charge in [0.2, 0.25) is 0 Å². The summed E-state index contributed by atoms with van der Waals surface area (Å²) >= 11 is 0. The van der Waals surface area contributed by atoms with E-state index in [1.54, 1.807) is 0 Å². The predicted octanol–water partition coefficient (Wildman–Crippen LogP) is 3.21. The van der Waals surface area contributed by atoms with Crippen LogP contribution in [-0.2, 0) is 6.42 Å². The van der Waals surface area contributed by atoms with Gasteiger partial charge in [-0.1, -0.05) is 30.3 Å². The zero-order chi connectivity index (χ0) is 16.6. The van der Waals surface area contributed by atoms with Gasteiger partial charge in [0, 0.05) is 24.7 Å². The first kappa shape index (κ1) is 16.2. The Hall–Kier alpha value is -2.69. The third-order valence-electron chi connectivity index (χ3n) is 3.77. The summed E-state index contributed by atoms with van der Waals surface area (Å²) in [6, 6.07) is 16.1. The van der Waals surface area contributed by atoms with Crippen LogP contribution in [0.1, 0.15) is 18.4 Å². The van der Waals surface area contributed by atoms with Crippen LogP contribution in [-0.4, -0.2) is 25.7 Å². The van der Waals surface area contributed by atoms with Gasteiger partial charge in [0.1, 0.15) is 0 Å². The molecule has 2 aromatic carbocycles. The average molecular weight is 325 g/mol. The first-order valence-corrected chi connectivity index (χ1v) is 8.32. The van der Waals surface area contributed by atoms with Crippen molar-refractivity contribution < 1.29 is 9.47 Å². The van der Waals surface area contributed by atoms with Gasteiger partial charge in [0.15, 0.2) is 17.5 Å². The minimum atomic E-state index is 0.414. The number of rotatable bonds is 5. The Morgan fingerprint density at radius 1 is 1.04 bits per heavy atom. The highest BCUT2D eigenvalue weighted by Crippen LogP contribution is 2.32. The Morgan fingerprint density at radius 2 is 1.83 bits per heavy atom. The summed E-state index contributed by atoms with van der Waals surface area (Å²) in [6.07, 6.45) is 2.86. The zero-order valence-electron chi connectivity index (χ0n) is 13.7. The molecule has 2 aromatic rings. The number of nitrogens with zero attached hydrogens (tertiary/aromatic N) is 1. The molecule has 0 amide bonds. The highest BCUT2D eigenvalue weighted by Gasteiger charge is 2.10. The molecule has 0 radical (unpaired) electrons. The lowest BCUT2D eigenvalue weighted by atomic mass is 10.1. The van der Waals surface area contributed by atoms with Crippen LogP contribution in [0.3, 0.4) is 0 Å². The van der Waals surface area contributed by atoms with E-state index in [2.05, 4.69) is 34.6 Å². The first-order valence-electron chi connectivity index (χ1n) is 8.32. The third-order valence-corrected chi connectivity index (χ3v) is 3.77. The van der Waals surface area contributed by atoms with Gasteiger partial charge >= 0.3 is 0 Å². The number of ether oxygens (including phenoxy) is 2. The smallest absolute Gasteiger partial charge is 0.193 e. The molecule has 5 heteroatoms. The number of hydrogen-bond donors (Lipinski definition) is 2. The fraction of sp³-hybridized carbons (Fsp3) is 0.316. The summed E-state index contributed by atoms with van der Waals surface area (Å²) < 4.78 is 11.3. The molecular formula is C19H23N3O2. The third kappa shape index (κ3) is 4.65. The highest BCUT2D eigenvalue weighted by atomic mass is 16.5. The van der Waals surface area contributed by atoms with Crippen LogP contribution < -0.4 is 20.5 Å². The number of guanidine groups is 1. The molecular weight excluding hydrogens is 302 g/mol. The normalized spacial score (nSPS) is 14.1. The lowest BCUT2D eigenvalue weighted by Crippen LogP contribution is -2.22. The zero-order valence-corrected chi connectivity index (χ0v) is 13.7. The van der Waals surface area contributed by atoms with E-state index in [4.69, 9.17) is 15.2 Å². The lowest BCUT2D eigenvalue weighted by molar-refractivity contribution is 0.297. The van der Waals surface area contributed by atoms with Crippen LogP contribution in [0.2, 0.25) is 0 Å².